The van der Waals surface area contributed by atoms with Crippen LogP contribution in [0, 0.1) is 16.7 Å². The number of hydrogen-bond donors (Lipinski definition) is 1. The van der Waals surface area contributed by atoms with Gasteiger partial charge in [0, 0.05) is 37.8 Å². The van der Waals surface area contributed by atoms with E-state index in [4.69, 9.17) is 5.26 Å². The van der Waals surface area contributed by atoms with E-state index in [2.05, 4.69) is 21.3 Å². The van der Waals surface area contributed by atoms with Gasteiger partial charge in [-0.2, -0.15) is 5.26 Å². The van der Waals surface area contributed by atoms with E-state index in [1.807, 2.05) is 12.1 Å². The Morgan fingerprint density at radius 2 is 2.31 bits per heavy atom. The van der Waals surface area contributed by atoms with Gasteiger partial charge in [0.25, 0.3) is 0 Å². The maximum absolute atomic E-state index is 8.71. The van der Waals surface area contributed by atoms with Gasteiger partial charge in [0.2, 0.25) is 0 Å². The second-order valence-electron chi connectivity index (χ2n) is 4.79. The van der Waals surface area contributed by atoms with Gasteiger partial charge in [-0.25, -0.2) is 4.98 Å². The van der Waals surface area contributed by atoms with Crippen LogP contribution < -0.4 is 10.2 Å². The van der Waals surface area contributed by atoms with Gasteiger partial charge in [0.05, 0.1) is 5.56 Å². The number of nitrogens with one attached hydrogen (secondary N) is 1. The van der Waals surface area contributed by atoms with Crippen molar-refractivity contribution in [3.05, 3.63) is 23.9 Å². The van der Waals surface area contributed by atoms with Gasteiger partial charge in [0.1, 0.15) is 11.9 Å². The van der Waals surface area contributed by atoms with Crippen molar-refractivity contribution in [2.75, 3.05) is 31.1 Å². The second kappa shape index (κ2) is 3.46. The number of nitriles is 1. The van der Waals surface area contributed by atoms with E-state index in [0.717, 1.165) is 32.0 Å². The summed E-state index contributed by atoms with van der Waals surface area (Å²) in [5.74, 6) is 1.00. The van der Waals surface area contributed by atoms with Gasteiger partial charge in [-0.3, -0.25) is 0 Å². The molecule has 82 valence electrons. The molecule has 16 heavy (non-hydrogen) atoms. The van der Waals surface area contributed by atoms with Crippen molar-refractivity contribution in [1.82, 2.24) is 10.3 Å². The molecular weight excluding hydrogens is 200 g/mol. The number of nitrogens with zero attached hydrogens (tertiary/aromatic N) is 3. The Morgan fingerprint density at radius 1 is 1.44 bits per heavy atom. The smallest absolute Gasteiger partial charge is 0.128 e. The molecule has 0 atom stereocenters. The fraction of sp³-hybridized carbons (Fsp3) is 0.500. The molecule has 1 N–H and O–H groups in total. The van der Waals surface area contributed by atoms with Crippen LogP contribution in [0.2, 0.25) is 0 Å². The van der Waals surface area contributed by atoms with Gasteiger partial charge in [-0.15, -0.1) is 0 Å². The van der Waals surface area contributed by atoms with Gasteiger partial charge < -0.3 is 10.2 Å². The van der Waals surface area contributed by atoms with E-state index in [9.17, 15) is 0 Å². The summed E-state index contributed by atoms with van der Waals surface area (Å²) in [5.41, 5.74) is 1.12. The Hall–Kier alpha value is -1.60. The molecule has 3 rings (SSSR count). The Bertz CT molecular complexity index is 427. The minimum absolute atomic E-state index is 0.496. The van der Waals surface area contributed by atoms with E-state index >= 15 is 0 Å². The molecular formula is C12H14N4. The topological polar surface area (TPSA) is 52.0 Å². The Labute approximate surface area is 94.9 Å². The molecule has 1 spiro atoms. The molecule has 2 fully saturated rings. The lowest BCUT2D eigenvalue weighted by Gasteiger charge is -2.39. The first-order valence-electron chi connectivity index (χ1n) is 5.63. The first-order chi connectivity index (χ1) is 7.81. The van der Waals surface area contributed by atoms with Gasteiger partial charge in [0.15, 0.2) is 0 Å². The number of pyridine rings is 1. The average Bonchev–Trinajstić information content (AvgIpc) is 2.74. The van der Waals surface area contributed by atoms with Crippen LogP contribution in [0.25, 0.3) is 0 Å². The van der Waals surface area contributed by atoms with Crippen LogP contribution in [0.5, 0.6) is 0 Å². The third-order valence-corrected chi connectivity index (χ3v) is 3.64. The third-order valence-electron chi connectivity index (χ3n) is 3.64. The number of anilines is 1. The van der Waals surface area contributed by atoms with E-state index in [1.54, 1.807) is 6.20 Å². The molecule has 0 amide bonds. The summed E-state index contributed by atoms with van der Waals surface area (Å²) in [6, 6.07) is 5.88. The maximum Gasteiger partial charge on any atom is 0.128 e. The number of aromatic nitrogens is 1. The molecule has 0 saturated carbocycles. The largest absolute Gasteiger partial charge is 0.356 e. The van der Waals surface area contributed by atoms with Crippen molar-refractivity contribution in [3.63, 3.8) is 0 Å². The second-order valence-corrected chi connectivity index (χ2v) is 4.79. The van der Waals surface area contributed by atoms with E-state index in [-0.39, 0.29) is 0 Å². The summed E-state index contributed by atoms with van der Waals surface area (Å²) in [4.78, 5) is 6.66. The van der Waals surface area contributed by atoms with Crippen LogP contribution >= 0.6 is 0 Å². The highest BCUT2D eigenvalue weighted by Gasteiger charge is 2.43. The quantitative estimate of drug-likeness (QED) is 0.749. The zero-order valence-corrected chi connectivity index (χ0v) is 9.11. The van der Waals surface area contributed by atoms with Gasteiger partial charge >= 0.3 is 0 Å². The van der Waals surface area contributed by atoms with Gasteiger partial charge in [-0.1, -0.05) is 0 Å². The SMILES string of the molecule is N#Cc1ccc(N2CCC3(CNC3)C2)nc1. The molecule has 2 aliphatic rings. The highest BCUT2D eigenvalue weighted by molar-refractivity contribution is 5.43. The van der Waals surface area contributed by atoms with Crippen LogP contribution in [0.3, 0.4) is 0 Å². The summed E-state index contributed by atoms with van der Waals surface area (Å²) < 4.78 is 0. The standard InChI is InChI=1S/C12H14N4/c13-5-10-1-2-11(15-6-10)16-4-3-12(9-16)7-14-8-12/h1-2,6,14H,3-4,7-9H2. The predicted molar refractivity (Wildman–Crippen MR) is 61.1 cm³/mol. The first-order valence-corrected chi connectivity index (χ1v) is 5.63. The highest BCUT2D eigenvalue weighted by atomic mass is 15.2. The molecule has 3 heterocycles. The van der Waals surface area contributed by atoms with Crippen LogP contribution in [-0.4, -0.2) is 31.2 Å². The minimum atomic E-state index is 0.496. The molecule has 0 bridgehead atoms. The normalized spacial score (nSPS) is 21.8. The third kappa shape index (κ3) is 1.44. The Kier molecular flexibility index (Phi) is 2.08. The zero-order valence-electron chi connectivity index (χ0n) is 9.11. The maximum atomic E-state index is 8.71. The number of hydrogen-bond acceptors (Lipinski definition) is 4. The summed E-state index contributed by atoms with van der Waals surface area (Å²) >= 11 is 0. The van der Waals surface area contributed by atoms with Crippen molar-refractivity contribution in [1.29, 1.82) is 5.26 Å². The monoisotopic (exact) mass is 214 g/mol. The molecule has 0 aromatic carbocycles. The van der Waals surface area contributed by atoms with Crippen molar-refractivity contribution in [3.8, 4) is 6.07 Å². The average molecular weight is 214 g/mol. The minimum Gasteiger partial charge on any atom is -0.356 e. The van der Waals surface area contributed by atoms with Crippen LogP contribution in [0.4, 0.5) is 5.82 Å². The molecule has 4 nitrogen and oxygen atoms in total. The van der Waals surface area contributed by atoms with Crippen molar-refractivity contribution in [2.45, 2.75) is 6.42 Å². The summed E-state index contributed by atoms with van der Waals surface area (Å²) in [5, 5.41) is 12.1. The molecule has 0 unspecified atom stereocenters. The van der Waals surface area contributed by atoms with Crippen LogP contribution in [0.15, 0.2) is 18.3 Å². The number of rotatable bonds is 1. The highest BCUT2D eigenvalue weighted by Crippen LogP contribution is 2.35. The van der Waals surface area contributed by atoms with E-state index < -0.39 is 0 Å². The first kappa shape index (κ1) is 9.61. The van der Waals surface area contributed by atoms with Crippen LogP contribution in [-0.2, 0) is 0 Å². The molecule has 4 heteroatoms. The zero-order chi connectivity index (χ0) is 11.0. The fourth-order valence-corrected chi connectivity index (χ4v) is 2.54. The lowest BCUT2D eigenvalue weighted by atomic mass is 9.81. The summed E-state index contributed by atoms with van der Waals surface area (Å²) in [6.07, 6.45) is 2.90. The molecule has 1 aromatic rings. The lowest BCUT2D eigenvalue weighted by Crippen LogP contribution is -2.54. The molecule has 2 saturated heterocycles. The van der Waals surface area contributed by atoms with Crippen molar-refractivity contribution < 1.29 is 0 Å². The molecule has 1 aromatic heterocycles. The fourth-order valence-electron chi connectivity index (χ4n) is 2.54. The summed E-state index contributed by atoms with van der Waals surface area (Å²) in [7, 11) is 0. The molecule has 0 radical (unpaired) electrons. The predicted octanol–water partition coefficient (Wildman–Crippen LogP) is 0.753. The molecule has 2 aliphatic heterocycles. The molecule has 0 aliphatic carbocycles. The van der Waals surface area contributed by atoms with Crippen molar-refractivity contribution >= 4 is 5.82 Å². The Balaban J connectivity index is 1.76. The van der Waals surface area contributed by atoms with E-state index in [1.165, 1.54) is 6.42 Å². The summed E-state index contributed by atoms with van der Waals surface area (Å²) in [6.45, 7) is 4.46. The van der Waals surface area contributed by atoms with Crippen molar-refractivity contribution in [2.24, 2.45) is 5.41 Å². The Morgan fingerprint density at radius 3 is 2.81 bits per heavy atom. The van der Waals surface area contributed by atoms with Gasteiger partial charge in [-0.05, 0) is 18.6 Å². The van der Waals surface area contributed by atoms with E-state index in [0.29, 0.717) is 11.0 Å². The lowest BCUT2D eigenvalue weighted by molar-refractivity contribution is 0.199. The van der Waals surface area contributed by atoms with Crippen LogP contribution in [0.1, 0.15) is 12.0 Å².